The number of rotatable bonds is 5. The van der Waals surface area contributed by atoms with Gasteiger partial charge in [0.05, 0.1) is 0 Å². The van der Waals surface area contributed by atoms with Crippen LogP contribution in [0.5, 0.6) is 0 Å². The summed E-state index contributed by atoms with van der Waals surface area (Å²) >= 11 is 0. The van der Waals surface area contributed by atoms with Crippen LogP contribution in [-0.2, 0) is 9.22 Å². The standard InChI is InChI=1S/C15H25NO3Si2/c1-20(2,3)16(12-14(17)19-21(4,5)6)15(18)13-10-8-7-9-11-13/h7-11H,12H2,1-6H3. The van der Waals surface area contributed by atoms with Gasteiger partial charge in [-0.25, -0.2) is 0 Å². The Morgan fingerprint density at radius 1 is 1.00 bits per heavy atom. The molecule has 116 valence electrons. The predicted molar refractivity (Wildman–Crippen MR) is 90.3 cm³/mol. The highest BCUT2D eigenvalue weighted by molar-refractivity contribution is 6.76. The molecule has 0 N–H and O–H groups in total. The van der Waals surface area contributed by atoms with Gasteiger partial charge in [-0.1, -0.05) is 37.8 Å². The van der Waals surface area contributed by atoms with Crippen molar-refractivity contribution in [2.45, 2.75) is 39.3 Å². The fraction of sp³-hybridized carbons (Fsp3) is 0.467. The minimum Gasteiger partial charge on any atom is -0.519 e. The summed E-state index contributed by atoms with van der Waals surface area (Å²) in [4.78, 5) is 24.7. The lowest BCUT2D eigenvalue weighted by molar-refractivity contribution is -0.135. The van der Waals surface area contributed by atoms with Gasteiger partial charge < -0.3 is 8.99 Å². The first kappa shape index (κ1) is 17.6. The van der Waals surface area contributed by atoms with Crippen molar-refractivity contribution >= 4 is 28.4 Å². The largest absolute Gasteiger partial charge is 0.519 e. The number of amides is 1. The minimum atomic E-state index is -1.97. The molecule has 0 unspecified atom stereocenters. The second kappa shape index (κ2) is 6.57. The van der Waals surface area contributed by atoms with Gasteiger partial charge in [0.15, 0.2) is 8.24 Å². The second-order valence-electron chi connectivity index (χ2n) is 7.01. The molecule has 0 aliphatic heterocycles. The summed E-state index contributed by atoms with van der Waals surface area (Å²) in [6.07, 6.45) is 0. The third-order valence-electron chi connectivity index (χ3n) is 2.78. The quantitative estimate of drug-likeness (QED) is 0.781. The lowest BCUT2D eigenvalue weighted by Gasteiger charge is -2.34. The Morgan fingerprint density at radius 2 is 1.52 bits per heavy atom. The molecule has 0 saturated heterocycles. The molecule has 1 rings (SSSR count). The van der Waals surface area contributed by atoms with Gasteiger partial charge in [-0.05, 0) is 31.8 Å². The van der Waals surface area contributed by atoms with Crippen LogP contribution in [-0.4, -0.2) is 39.5 Å². The van der Waals surface area contributed by atoms with E-state index in [2.05, 4.69) is 19.6 Å². The van der Waals surface area contributed by atoms with Crippen LogP contribution < -0.4 is 0 Å². The van der Waals surface area contributed by atoms with Crippen LogP contribution in [0.2, 0.25) is 39.3 Å². The Kier molecular flexibility index (Phi) is 5.52. The van der Waals surface area contributed by atoms with Crippen LogP contribution >= 0.6 is 0 Å². The summed E-state index contributed by atoms with van der Waals surface area (Å²) < 4.78 is 7.18. The van der Waals surface area contributed by atoms with E-state index < -0.39 is 16.6 Å². The molecule has 0 heterocycles. The van der Waals surface area contributed by atoms with Crippen LogP contribution in [0, 0.1) is 0 Å². The van der Waals surface area contributed by atoms with E-state index in [1.807, 2.05) is 37.8 Å². The maximum Gasteiger partial charge on any atom is 0.311 e. The number of hydrogen-bond acceptors (Lipinski definition) is 3. The van der Waals surface area contributed by atoms with Crippen molar-refractivity contribution in [2.24, 2.45) is 0 Å². The predicted octanol–water partition coefficient (Wildman–Crippen LogP) is 3.34. The van der Waals surface area contributed by atoms with Crippen molar-refractivity contribution in [2.75, 3.05) is 6.54 Å². The summed E-state index contributed by atoms with van der Waals surface area (Å²) in [5, 5.41) is 0. The van der Waals surface area contributed by atoms with Gasteiger partial charge in [0.1, 0.15) is 6.54 Å². The zero-order valence-electron chi connectivity index (χ0n) is 13.8. The Balaban J connectivity index is 2.93. The lowest BCUT2D eigenvalue weighted by Crippen LogP contribution is -2.53. The molecule has 0 aliphatic carbocycles. The average molecular weight is 324 g/mol. The number of nitrogens with zero attached hydrogens (tertiary/aromatic N) is 1. The number of hydrogen-bond donors (Lipinski definition) is 0. The molecule has 1 amide bonds. The number of carbonyl (C=O) groups excluding carboxylic acids is 2. The monoisotopic (exact) mass is 323 g/mol. The number of carbonyl (C=O) groups is 2. The maximum atomic E-state index is 12.7. The van der Waals surface area contributed by atoms with Crippen LogP contribution in [0.3, 0.4) is 0 Å². The Morgan fingerprint density at radius 3 is 1.95 bits per heavy atom. The first-order valence-electron chi connectivity index (χ1n) is 7.09. The molecule has 0 atom stereocenters. The molecule has 1 aromatic carbocycles. The smallest absolute Gasteiger partial charge is 0.311 e. The Bertz CT molecular complexity index is 504. The van der Waals surface area contributed by atoms with Gasteiger partial charge in [0, 0.05) is 5.56 Å². The molecule has 0 bridgehead atoms. The molecule has 0 radical (unpaired) electrons. The Labute approximate surface area is 129 Å². The first-order valence-corrected chi connectivity index (χ1v) is 13.9. The first-order chi connectivity index (χ1) is 9.50. The van der Waals surface area contributed by atoms with E-state index in [0.29, 0.717) is 5.56 Å². The highest BCUT2D eigenvalue weighted by atomic mass is 28.4. The van der Waals surface area contributed by atoms with E-state index in [9.17, 15) is 9.59 Å². The van der Waals surface area contributed by atoms with E-state index in [-0.39, 0.29) is 18.4 Å². The highest BCUT2D eigenvalue weighted by Gasteiger charge is 2.32. The fourth-order valence-corrected chi connectivity index (χ4v) is 3.94. The zero-order valence-corrected chi connectivity index (χ0v) is 15.8. The third-order valence-corrected chi connectivity index (χ3v) is 5.60. The van der Waals surface area contributed by atoms with Crippen molar-refractivity contribution in [1.82, 2.24) is 4.57 Å². The molecule has 0 fully saturated rings. The topological polar surface area (TPSA) is 46.6 Å². The molecule has 0 saturated carbocycles. The van der Waals surface area contributed by atoms with Gasteiger partial charge in [-0.15, -0.1) is 0 Å². The van der Waals surface area contributed by atoms with Crippen molar-refractivity contribution < 1.29 is 14.0 Å². The van der Waals surface area contributed by atoms with Crippen molar-refractivity contribution in [3.8, 4) is 0 Å². The van der Waals surface area contributed by atoms with Gasteiger partial charge in [-0.2, -0.15) is 0 Å². The summed E-state index contributed by atoms with van der Waals surface area (Å²) in [7, 11) is -3.90. The van der Waals surface area contributed by atoms with E-state index in [1.165, 1.54) is 0 Å². The zero-order chi connectivity index (χ0) is 16.3. The SMILES string of the molecule is C[Si](C)(C)OC(=O)CN(C(=O)c1ccccc1)[Si](C)(C)C. The van der Waals surface area contributed by atoms with E-state index >= 15 is 0 Å². The fourth-order valence-electron chi connectivity index (χ4n) is 1.85. The van der Waals surface area contributed by atoms with Gasteiger partial charge in [-0.3, -0.25) is 9.59 Å². The molecule has 1 aromatic rings. The lowest BCUT2D eigenvalue weighted by atomic mass is 10.2. The molecule has 21 heavy (non-hydrogen) atoms. The van der Waals surface area contributed by atoms with Gasteiger partial charge in [0.2, 0.25) is 14.2 Å². The van der Waals surface area contributed by atoms with Crippen molar-refractivity contribution in [3.63, 3.8) is 0 Å². The van der Waals surface area contributed by atoms with E-state index in [0.717, 1.165) is 0 Å². The summed E-state index contributed by atoms with van der Waals surface area (Å²) in [6.45, 7) is 12.1. The van der Waals surface area contributed by atoms with Crippen LogP contribution in [0.25, 0.3) is 0 Å². The highest BCUT2D eigenvalue weighted by Crippen LogP contribution is 2.15. The second-order valence-corrected chi connectivity index (χ2v) is 16.3. The normalized spacial score (nSPS) is 11.9. The minimum absolute atomic E-state index is 0.0354. The van der Waals surface area contributed by atoms with Crippen LogP contribution in [0.15, 0.2) is 30.3 Å². The third kappa shape index (κ3) is 5.85. The molecule has 0 spiro atoms. The average Bonchev–Trinajstić information content (AvgIpc) is 2.33. The molecular weight excluding hydrogens is 298 g/mol. The number of benzene rings is 1. The van der Waals surface area contributed by atoms with Crippen LogP contribution in [0.4, 0.5) is 0 Å². The summed E-state index contributed by atoms with van der Waals surface area (Å²) in [6, 6.07) is 9.08. The molecular formula is C15H25NO3Si2. The van der Waals surface area contributed by atoms with Crippen molar-refractivity contribution in [1.29, 1.82) is 0 Å². The maximum absolute atomic E-state index is 12.7. The summed E-state index contributed by atoms with van der Waals surface area (Å²) in [5.74, 6) is -0.400. The van der Waals surface area contributed by atoms with Crippen molar-refractivity contribution in [3.05, 3.63) is 35.9 Å². The van der Waals surface area contributed by atoms with Gasteiger partial charge in [0.25, 0.3) is 0 Å². The summed E-state index contributed by atoms with van der Waals surface area (Å²) in [5.41, 5.74) is 0.612. The molecule has 6 heteroatoms. The molecule has 4 nitrogen and oxygen atoms in total. The van der Waals surface area contributed by atoms with E-state index in [4.69, 9.17) is 4.43 Å². The van der Waals surface area contributed by atoms with Crippen LogP contribution in [0.1, 0.15) is 10.4 Å². The molecule has 0 aromatic heterocycles. The van der Waals surface area contributed by atoms with Gasteiger partial charge >= 0.3 is 5.97 Å². The Hall–Kier alpha value is -1.41. The molecule has 0 aliphatic rings. The van der Waals surface area contributed by atoms with E-state index in [1.54, 1.807) is 16.7 Å².